The van der Waals surface area contributed by atoms with Gasteiger partial charge in [0, 0.05) is 0 Å². The van der Waals surface area contributed by atoms with E-state index in [1.165, 1.54) is 49.3 Å². The highest BCUT2D eigenvalue weighted by Gasteiger charge is 2.14. The van der Waals surface area contributed by atoms with Crippen LogP contribution >= 0.6 is 0 Å². The smallest absolute Gasteiger partial charge is 0.0872 e. The Labute approximate surface area is 166 Å². The summed E-state index contributed by atoms with van der Waals surface area (Å²) < 4.78 is 0. The quantitative estimate of drug-likeness (QED) is 0.249. The zero-order valence-corrected chi connectivity index (χ0v) is 15.9. The van der Waals surface area contributed by atoms with Crippen LogP contribution in [0.3, 0.4) is 0 Å². The van der Waals surface area contributed by atoms with Crippen molar-refractivity contribution in [3.63, 3.8) is 0 Å². The Morgan fingerprint density at radius 3 is 1.39 bits per heavy atom. The summed E-state index contributed by atoms with van der Waals surface area (Å²) in [5.74, 6) is 0. The molecule has 0 aromatic heterocycles. The largest absolute Gasteiger partial charge is 0.149 e. The van der Waals surface area contributed by atoms with Crippen LogP contribution in [0.2, 0.25) is 6.82 Å². The van der Waals surface area contributed by atoms with E-state index in [2.05, 4.69) is 117 Å². The zero-order valence-electron chi connectivity index (χ0n) is 15.9. The third-order valence-corrected chi connectivity index (χ3v) is 5.54. The lowest BCUT2D eigenvalue weighted by molar-refractivity contribution is 1.61. The lowest BCUT2D eigenvalue weighted by atomic mass is 9.68. The van der Waals surface area contributed by atoms with Gasteiger partial charge in [0.1, 0.15) is 7.28 Å². The van der Waals surface area contributed by atoms with Gasteiger partial charge in [0.25, 0.3) is 0 Å². The Hall–Kier alpha value is -3.32. The van der Waals surface area contributed by atoms with E-state index < -0.39 is 0 Å². The summed E-state index contributed by atoms with van der Waals surface area (Å²) in [4.78, 5) is 0. The van der Waals surface area contributed by atoms with Crippen LogP contribution in [-0.2, 0) is 0 Å². The van der Waals surface area contributed by atoms with Crippen LogP contribution in [-0.4, -0.2) is 7.28 Å². The van der Waals surface area contributed by atoms with E-state index in [9.17, 15) is 0 Å². The second-order valence-corrected chi connectivity index (χ2v) is 7.11. The van der Waals surface area contributed by atoms with Gasteiger partial charge in [0.05, 0.1) is 0 Å². The maximum Gasteiger partial charge on any atom is 0.149 e. The molecule has 0 fully saturated rings. The summed E-state index contributed by atoms with van der Waals surface area (Å²) >= 11 is 0. The summed E-state index contributed by atoms with van der Waals surface area (Å²) in [7, 11) is 2.23. The van der Waals surface area contributed by atoms with Crippen molar-refractivity contribution in [2.24, 2.45) is 0 Å². The van der Waals surface area contributed by atoms with Crippen LogP contribution in [0.1, 0.15) is 0 Å². The summed E-state index contributed by atoms with van der Waals surface area (Å²) in [6, 6.07) is 37.0. The van der Waals surface area contributed by atoms with E-state index in [0.29, 0.717) is 0 Å². The molecule has 5 aromatic carbocycles. The Bertz CT molecular complexity index is 1210. The first-order chi connectivity index (χ1) is 13.9. The average molecular weight is 355 g/mol. The molecule has 0 heterocycles. The average Bonchev–Trinajstić information content (AvgIpc) is 2.78. The minimum atomic E-state index is 1.25. The Morgan fingerprint density at radius 2 is 0.857 bits per heavy atom. The van der Waals surface area contributed by atoms with Gasteiger partial charge in [0.15, 0.2) is 0 Å². The van der Waals surface area contributed by atoms with Crippen LogP contribution in [0.15, 0.2) is 103 Å². The molecule has 0 saturated heterocycles. The molecule has 0 nitrogen and oxygen atoms in total. The molecule has 5 aromatic rings. The van der Waals surface area contributed by atoms with Gasteiger partial charge in [0.2, 0.25) is 0 Å². The highest BCUT2D eigenvalue weighted by atomic mass is 14.1. The number of benzene rings is 5. The van der Waals surface area contributed by atoms with Gasteiger partial charge >= 0.3 is 0 Å². The predicted octanol–water partition coefficient (Wildman–Crippen LogP) is 6.70. The molecule has 1 radical (unpaired) electrons. The molecule has 0 spiro atoms. The first-order valence-corrected chi connectivity index (χ1v) is 9.75. The minimum absolute atomic E-state index is 1.25. The molecule has 0 aliphatic heterocycles. The lowest BCUT2D eigenvalue weighted by Gasteiger charge is -2.16. The summed E-state index contributed by atoms with van der Waals surface area (Å²) in [6.07, 6.45) is 0. The molecule has 1 heteroatoms. The fourth-order valence-corrected chi connectivity index (χ4v) is 4.24. The van der Waals surface area contributed by atoms with Gasteiger partial charge < -0.3 is 0 Å². The molecule has 131 valence electrons. The molecule has 0 aliphatic rings. The van der Waals surface area contributed by atoms with Crippen LogP contribution in [0.25, 0.3) is 43.8 Å². The van der Waals surface area contributed by atoms with Gasteiger partial charge in [-0.15, -0.1) is 0 Å². The van der Waals surface area contributed by atoms with Crippen LogP contribution < -0.4 is 5.46 Å². The first-order valence-electron chi connectivity index (χ1n) is 9.75. The summed E-state index contributed by atoms with van der Waals surface area (Å²) in [5, 5.41) is 5.24. The third kappa shape index (κ3) is 2.71. The summed E-state index contributed by atoms with van der Waals surface area (Å²) in [6.45, 7) is 2.13. The molecule has 0 atom stereocenters. The summed E-state index contributed by atoms with van der Waals surface area (Å²) in [5.41, 5.74) is 6.39. The highest BCUT2D eigenvalue weighted by molar-refractivity contribution is 6.60. The van der Waals surface area contributed by atoms with Crippen LogP contribution in [0, 0.1) is 0 Å². The van der Waals surface area contributed by atoms with Crippen molar-refractivity contribution in [3.8, 4) is 22.3 Å². The molecule has 5 rings (SSSR count). The van der Waals surface area contributed by atoms with E-state index >= 15 is 0 Å². The fourth-order valence-electron chi connectivity index (χ4n) is 4.24. The highest BCUT2D eigenvalue weighted by Crippen LogP contribution is 2.36. The van der Waals surface area contributed by atoms with Gasteiger partial charge in [-0.25, -0.2) is 0 Å². The standard InChI is InChI=1S/C27H20B/c1-28-27-24-13-7-5-11-22(24)26(23-12-6-8-14-25(23)27)21-17-15-20(16-18-21)19-9-3-2-4-10-19/h2-18H,1H3. The molecule has 0 bridgehead atoms. The Balaban J connectivity index is 1.78. The Kier molecular flexibility index (Phi) is 4.22. The second-order valence-electron chi connectivity index (χ2n) is 7.11. The van der Waals surface area contributed by atoms with Gasteiger partial charge in [-0.2, -0.15) is 0 Å². The molecule has 0 amide bonds. The zero-order chi connectivity index (χ0) is 18.9. The molecule has 0 N–H and O–H groups in total. The topological polar surface area (TPSA) is 0 Å². The minimum Gasteiger partial charge on any atom is -0.0872 e. The van der Waals surface area contributed by atoms with E-state index in [-0.39, 0.29) is 0 Å². The van der Waals surface area contributed by atoms with Crippen molar-refractivity contribution in [2.75, 3.05) is 0 Å². The monoisotopic (exact) mass is 355 g/mol. The molecule has 0 unspecified atom stereocenters. The van der Waals surface area contributed by atoms with Crippen molar-refractivity contribution in [2.45, 2.75) is 6.82 Å². The van der Waals surface area contributed by atoms with E-state index in [4.69, 9.17) is 0 Å². The van der Waals surface area contributed by atoms with E-state index in [0.717, 1.165) is 0 Å². The van der Waals surface area contributed by atoms with Crippen molar-refractivity contribution in [1.29, 1.82) is 0 Å². The van der Waals surface area contributed by atoms with E-state index in [1.807, 2.05) is 0 Å². The maximum atomic E-state index is 2.26. The first kappa shape index (κ1) is 16.8. The Morgan fingerprint density at radius 1 is 0.429 bits per heavy atom. The maximum absolute atomic E-state index is 2.26. The van der Waals surface area contributed by atoms with Gasteiger partial charge in [-0.05, 0) is 43.8 Å². The van der Waals surface area contributed by atoms with Crippen LogP contribution in [0.5, 0.6) is 0 Å². The van der Waals surface area contributed by atoms with Crippen molar-refractivity contribution < 1.29 is 0 Å². The number of hydrogen-bond donors (Lipinski definition) is 0. The van der Waals surface area contributed by atoms with Gasteiger partial charge in [-0.3, -0.25) is 0 Å². The number of fused-ring (bicyclic) bond motifs is 2. The number of rotatable bonds is 3. The van der Waals surface area contributed by atoms with Crippen LogP contribution in [0.4, 0.5) is 0 Å². The SMILES string of the molecule is C[B]c1c2ccccc2c(-c2ccc(-c3ccccc3)cc2)c2ccccc12. The predicted molar refractivity (Wildman–Crippen MR) is 124 cm³/mol. The molecule has 28 heavy (non-hydrogen) atoms. The molecule has 0 saturated carbocycles. The molecule has 0 aliphatic carbocycles. The third-order valence-electron chi connectivity index (χ3n) is 5.54. The molecular weight excluding hydrogens is 335 g/mol. The fraction of sp³-hybridized carbons (Fsp3) is 0.0370. The second kappa shape index (κ2) is 7.01. The molecular formula is C27H20B. The van der Waals surface area contributed by atoms with Crippen molar-refractivity contribution in [3.05, 3.63) is 103 Å². The lowest BCUT2D eigenvalue weighted by Crippen LogP contribution is -2.14. The van der Waals surface area contributed by atoms with Gasteiger partial charge in [-0.1, -0.05) is 115 Å². The number of hydrogen-bond acceptors (Lipinski definition) is 0. The van der Waals surface area contributed by atoms with E-state index in [1.54, 1.807) is 0 Å². The van der Waals surface area contributed by atoms with Crippen molar-refractivity contribution >= 4 is 34.3 Å². The normalized spacial score (nSPS) is 11.0. The van der Waals surface area contributed by atoms with Crippen molar-refractivity contribution in [1.82, 2.24) is 0 Å².